The number of benzene rings is 1. The third-order valence-corrected chi connectivity index (χ3v) is 4.51. The summed E-state index contributed by atoms with van der Waals surface area (Å²) in [5.41, 5.74) is 0.690. The molecule has 118 valence electrons. The Labute approximate surface area is 132 Å². The zero-order valence-electron chi connectivity index (χ0n) is 13.1. The van der Waals surface area contributed by atoms with Crippen LogP contribution >= 0.6 is 11.6 Å². The summed E-state index contributed by atoms with van der Waals surface area (Å²) in [4.78, 5) is 4.71. The van der Waals surface area contributed by atoms with Gasteiger partial charge in [0.1, 0.15) is 5.82 Å². The zero-order chi connectivity index (χ0) is 15.4. The van der Waals surface area contributed by atoms with E-state index in [2.05, 4.69) is 36.1 Å². The fraction of sp³-hybridized carbons (Fsp3) is 0.625. The van der Waals surface area contributed by atoms with Crippen LogP contribution in [0.15, 0.2) is 18.2 Å². The second kappa shape index (κ2) is 7.54. The number of likely N-dealkylation sites (N-methyl/N-ethyl adjacent to an activating group) is 3. The average molecular weight is 314 g/mol. The van der Waals surface area contributed by atoms with E-state index in [-0.39, 0.29) is 11.9 Å². The fourth-order valence-electron chi connectivity index (χ4n) is 3.02. The minimum Gasteiger partial charge on any atom is -0.312 e. The molecule has 1 aliphatic rings. The normalized spacial score (nSPS) is 22.4. The van der Waals surface area contributed by atoms with Crippen LogP contribution in [0.2, 0.25) is 5.02 Å². The number of piperazine rings is 1. The molecule has 0 amide bonds. The van der Waals surface area contributed by atoms with Gasteiger partial charge in [-0.3, -0.25) is 4.90 Å². The van der Waals surface area contributed by atoms with E-state index in [0.717, 1.165) is 26.2 Å². The topological polar surface area (TPSA) is 18.5 Å². The summed E-state index contributed by atoms with van der Waals surface area (Å²) >= 11 is 6.01. The molecular formula is C16H25ClFN3. The summed E-state index contributed by atoms with van der Waals surface area (Å²) in [7, 11) is 4.29. The van der Waals surface area contributed by atoms with Crippen LogP contribution in [0.3, 0.4) is 0 Å². The average Bonchev–Trinajstić information content (AvgIpc) is 2.45. The minimum atomic E-state index is -0.172. The highest BCUT2D eigenvalue weighted by atomic mass is 35.5. The standard InChI is InChI=1S/C16H25ClFN3/c1-4-19-15(16-11-20(2)7-8-21(16)3)10-12-9-13(17)5-6-14(12)18/h5-6,9,15-16,19H,4,7-8,10-11H2,1-3H3. The summed E-state index contributed by atoms with van der Waals surface area (Å²) in [6, 6.07) is 5.40. The van der Waals surface area contributed by atoms with Gasteiger partial charge in [0.05, 0.1) is 0 Å². The van der Waals surface area contributed by atoms with Crippen molar-refractivity contribution in [3.8, 4) is 0 Å². The Bertz CT molecular complexity index is 469. The molecule has 0 saturated carbocycles. The molecule has 1 aromatic rings. The number of nitrogens with one attached hydrogen (secondary N) is 1. The van der Waals surface area contributed by atoms with E-state index in [0.29, 0.717) is 23.0 Å². The van der Waals surface area contributed by atoms with E-state index in [1.807, 2.05) is 0 Å². The lowest BCUT2D eigenvalue weighted by Crippen LogP contribution is -2.59. The number of hydrogen-bond acceptors (Lipinski definition) is 3. The second-order valence-electron chi connectivity index (χ2n) is 5.91. The minimum absolute atomic E-state index is 0.172. The van der Waals surface area contributed by atoms with E-state index >= 15 is 0 Å². The lowest BCUT2D eigenvalue weighted by atomic mass is 9.96. The third-order valence-electron chi connectivity index (χ3n) is 4.28. The van der Waals surface area contributed by atoms with Gasteiger partial charge < -0.3 is 10.2 Å². The van der Waals surface area contributed by atoms with Crippen molar-refractivity contribution in [2.45, 2.75) is 25.4 Å². The van der Waals surface area contributed by atoms with Crippen molar-refractivity contribution in [1.29, 1.82) is 0 Å². The number of halogens is 2. The van der Waals surface area contributed by atoms with Crippen molar-refractivity contribution >= 4 is 11.6 Å². The molecule has 1 saturated heterocycles. The molecule has 1 aliphatic heterocycles. The summed E-state index contributed by atoms with van der Waals surface area (Å²) in [6.07, 6.45) is 0.656. The van der Waals surface area contributed by atoms with Gasteiger partial charge in [0.25, 0.3) is 0 Å². The fourth-order valence-corrected chi connectivity index (χ4v) is 3.22. The van der Waals surface area contributed by atoms with Gasteiger partial charge in [-0.05, 0) is 50.8 Å². The molecule has 0 aromatic heterocycles. The summed E-state index contributed by atoms with van der Waals surface area (Å²) < 4.78 is 14.0. The Balaban J connectivity index is 2.16. The number of nitrogens with zero attached hydrogens (tertiary/aromatic N) is 2. The molecule has 21 heavy (non-hydrogen) atoms. The maximum absolute atomic E-state index is 14.0. The summed E-state index contributed by atoms with van der Waals surface area (Å²) in [6.45, 7) is 6.09. The van der Waals surface area contributed by atoms with E-state index < -0.39 is 0 Å². The van der Waals surface area contributed by atoms with Crippen molar-refractivity contribution in [2.24, 2.45) is 0 Å². The Morgan fingerprint density at radius 3 is 2.86 bits per heavy atom. The van der Waals surface area contributed by atoms with Crippen LogP contribution < -0.4 is 5.32 Å². The van der Waals surface area contributed by atoms with E-state index in [1.54, 1.807) is 12.1 Å². The molecule has 1 aromatic carbocycles. The summed E-state index contributed by atoms with van der Waals surface area (Å²) in [5, 5.41) is 4.11. The van der Waals surface area contributed by atoms with Crippen LogP contribution in [0.25, 0.3) is 0 Å². The largest absolute Gasteiger partial charge is 0.312 e. The molecule has 1 N–H and O–H groups in total. The Kier molecular flexibility index (Phi) is 5.99. The van der Waals surface area contributed by atoms with E-state index in [9.17, 15) is 4.39 Å². The maximum atomic E-state index is 14.0. The highest BCUT2D eigenvalue weighted by molar-refractivity contribution is 6.30. The lowest BCUT2D eigenvalue weighted by Gasteiger charge is -2.42. The first-order valence-electron chi connectivity index (χ1n) is 7.57. The molecule has 0 bridgehead atoms. The first kappa shape index (κ1) is 16.7. The zero-order valence-corrected chi connectivity index (χ0v) is 13.8. The van der Waals surface area contributed by atoms with Crippen molar-refractivity contribution in [1.82, 2.24) is 15.1 Å². The van der Waals surface area contributed by atoms with Crippen LogP contribution in [0.5, 0.6) is 0 Å². The van der Waals surface area contributed by atoms with Gasteiger partial charge in [-0.1, -0.05) is 18.5 Å². The van der Waals surface area contributed by atoms with Gasteiger partial charge >= 0.3 is 0 Å². The quantitative estimate of drug-likeness (QED) is 0.899. The molecule has 2 rings (SSSR count). The molecule has 0 spiro atoms. The van der Waals surface area contributed by atoms with E-state index in [1.165, 1.54) is 6.07 Å². The predicted molar refractivity (Wildman–Crippen MR) is 86.5 cm³/mol. The Morgan fingerprint density at radius 2 is 2.14 bits per heavy atom. The monoisotopic (exact) mass is 313 g/mol. The molecule has 0 radical (unpaired) electrons. The Morgan fingerprint density at radius 1 is 1.38 bits per heavy atom. The molecule has 2 atom stereocenters. The van der Waals surface area contributed by atoms with E-state index in [4.69, 9.17) is 11.6 Å². The third kappa shape index (κ3) is 4.39. The molecule has 0 aliphatic carbocycles. The number of rotatable bonds is 5. The molecule has 1 fully saturated rings. The van der Waals surface area contributed by atoms with Gasteiger partial charge in [-0.15, -0.1) is 0 Å². The molecule has 3 nitrogen and oxygen atoms in total. The summed E-state index contributed by atoms with van der Waals surface area (Å²) in [5.74, 6) is -0.172. The van der Waals surface area contributed by atoms with Gasteiger partial charge in [-0.25, -0.2) is 4.39 Å². The van der Waals surface area contributed by atoms with Crippen LogP contribution in [0, 0.1) is 5.82 Å². The van der Waals surface area contributed by atoms with Crippen molar-refractivity contribution in [3.63, 3.8) is 0 Å². The highest BCUT2D eigenvalue weighted by Gasteiger charge is 2.29. The predicted octanol–water partition coefficient (Wildman–Crippen LogP) is 2.25. The van der Waals surface area contributed by atoms with Crippen LogP contribution in [-0.4, -0.2) is 62.2 Å². The molecule has 1 heterocycles. The Hall–Kier alpha value is -0.680. The highest BCUT2D eigenvalue weighted by Crippen LogP contribution is 2.19. The molecular weight excluding hydrogens is 289 g/mol. The van der Waals surface area contributed by atoms with Crippen molar-refractivity contribution in [3.05, 3.63) is 34.6 Å². The van der Waals surface area contributed by atoms with Crippen molar-refractivity contribution < 1.29 is 4.39 Å². The van der Waals surface area contributed by atoms with Gasteiger partial charge in [0.15, 0.2) is 0 Å². The molecule has 2 unspecified atom stereocenters. The van der Waals surface area contributed by atoms with Crippen molar-refractivity contribution in [2.75, 3.05) is 40.3 Å². The lowest BCUT2D eigenvalue weighted by molar-refractivity contribution is 0.0878. The first-order chi connectivity index (χ1) is 10.0. The van der Waals surface area contributed by atoms with Crippen LogP contribution in [0.4, 0.5) is 4.39 Å². The second-order valence-corrected chi connectivity index (χ2v) is 6.35. The van der Waals surface area contributed by atoms with Gasteiger partial charge in [-0.2, -0.15) is 0 Å². The van der Waals surface area contributed by atoms with Crippen LogP contribution in [0.1, 0.15) is 12.5 Å². The maximum Gasteiger partial charge on any atom is 0.126 e. The SMILES string of the molecule is CCNC(Cc1cc(Cl)ccc1F)C1CN(C)CCN1C. The first-order valence-corrected chi connectivity index (χ1v) is 7.95. The van der Waals surface area contributed by atoms with Gasteiger partial charge in [0, 0.05) is 36.7 Å². The number of hydrogen-bond donors (Lipinski definition) is 1. The smallest absolute Gasteiger partial charge is 0.126 e. The van der Waals surface area contributed by atoms with Crippen LogP contribution in [-0.2, 0) is 6.42 Å². The molecule has 5 heteroatoms. The van der Waals surface area contributed by atoms with Gasteiger partial charge in [0.2, 0.25) is 0 Å².